The molecule has 0 fully saturated rings. The maximum Gasteiger partial charge on any atom is 0.271 e. The quantitative estimate of drug-likeness (QED) is 0.311. The predicted molar refractivity (Wildman–Crippen MR) is 159 cm³/mol. The minimum absolute atomic E-state index is 0.0266. The topological polar surface area (TPSA) is 102 Å². The number of aromatic nitrogens is 1. The Morgan fingerprint density at radius 3 is 2.58 bits per heavy atom. The van der Waals surface area contributed by atoms with E-state index in [0.29, 0.717) is 48.7 Å². The van der Waals surface area contributed by atoms with Gasteiger partial charge in [0.15, 0.2) is 16.3 Å². The summed E-state index contributed by atoms with van der Waals surface area (Å²) in [6, 6.07) is 19.2. The molecule has 0 aliphatic carbocycles. The summed E-state index contributed by atoms with van der Waals surface area (Å²) in [7, 11) is 1.46. The Bertz CT molecular complexity index is 1790. The summed E-state index contributed by atoms with van der Waals surface area (Å²) in [4.78, 5) is 32.8. The average molecular weight is 621 g/mol. The number of anilines is 1. The van der Waals surface area contributed by atoms with E-state index in [9.17, 15) is 14.7 Å². The summed E-state index contributed by atoms with van der Waals surface area (Å²) in [6.45, 7) is 4.21. The molecule has 0 saturated carbocycles. The van der Waals surface area contributed by atoms with Crippen LogP contribution in [0.5, 0.6) is 17.2 Å². The number of thiazole rings is 1. The molecule has 1 aliphatic heterocycles. The van der Waals surface area contributed by atoms with Gasteiger partial charge < -0.3 is 19.9 Å². The summed E-state index contributed by atoms with van der Waals surface area (Å²) in [5, 5.41) is 13.1. The lowest BCUT2D eigenvalue weighted by molar-refractivity contribution is -0.113. The van der Waals surface area contributed by atoms with Gasteiger partial charge in [-0.05, 0) is 83.4 Å². The number of carbonyl (C=O) groups excluding carboxylic acids is 1. The molecule has 1 atom stereocenters. The van der Waals surface area contributed by atoms with E-state index in [1.54, 1.807) is 41.8 Å². The van der Waals surface area contributed by atoms with Gasteiger partial charge in [-0.3, -0.25) is 14.2 Å². The summed E-state index contributed by atoms with van der Waals surface area (Å²) in [5.41, 5.74) is 2.65. The Labute approximate surface area is 242 Å². The number of benzene rings is 3. The Balaban J connectivity index is 1.67. The Hall–Kier alpha value is -4.15. The molecule has 0 unspecified atom stereocenters. The number of phenolic OH excluding ortho intramolecular Hbond substituents is 1. The number of phenols is 1. The number of ether oxygens (including phenoxy) is 2. The molecule has 1 amide bonds. The van der Waals surface area contributed by atoms with Gasteiger partial charge in [0.25, 0.3) is 11.5 Å². The second kappa shape index (κ2) is 11.5. The van der Waals surface area contributed by atoms with E-state index >= 15 is 0 Å². The molecule has 0 bridgehead atoms. The lowest BCUT2D eigenvalue weighted by Gasteiger charge is -2.25. The molecule has 8 nitrogen and oxygen atoms in total. The third kappa shape index (κ3) is 5.32. The standard InChI is InChI=1S/C30H26BrN3O5S/c1-4-39-21-12-10-19(11-13-21)26-25(28(36)33-20-8-6-5-7-9-20)17(2)32-30-34(26)29(37)24(40-30)16-18-14-22(31)27(35)23(15-18)38-3/h5-16,26,35H,4H2,1-3H3,(H,33,36)/b24-16-/t26-/m0/s1. The van der Waals surface area contributed by atoms with Crippen molar-refractivity contribution in [1.82, 2.24) is 4.57 Å². The van der Waals surface area contributed by atoms with E-state index in [2.05, 4.69) is 26.2 Å². The average Bonchev–Trinajstić information content (AvgIpc) is 3.24. The van der Waals surface area contributed by atoms with E-state index in [-0.39, 0.29) is 23.0 Å². The second-order valence-electron chi connectivity index (χ2n) is 8.96. The highest BCUT2D eigenvalue weighted by Gasteiger charge is 2.32. The number of allylic oxidation sites excluding steroid dienone is 1. The number of nitrogens with one attached hydrogen (secondary N) is 1. The molecule has 3 aromatic carbocycles. The highest BCUT2D eigenvalue weighted by atomic mass is 79.9. The van der Waals surface area contributed by atoms with Crippen LogP contribution in [0, 0.1) is 0 Å². The maximum absolute atomic E-state index is 13.9. The Morgan fingerprint density at radius 1 is 1.18 bits per heavy atom. The van der Waals surface area contributed by atoms with Gasteiger partial charge in [-0.2, -0.15) is 0 Å². The van der Waals surface area contributed by atoms with Gasteiger partial charge in [0.1, 0.15) is 5.75 Å². The third-order valence-electron chi connectivity index (χ3n) is 6.37. The number of nitrogens with zero attached hydrogens (tertiary/aromatic N) is 2. The second-order valence-corrected chi connectivity index (χ2v) is 10.8. The molecule has 4 aromatic rings. The normalized spacial score (nSPS) is 14.9. The van der Waals surface area contributed by atoms with Crippen molar-refractivity contribution in [2.24, 2.45) is 4.99 Å². The number of carbonyl (C=O) groups is 1. The molecule has 1 aromatic heterocycles. The van der Waals surface area contributed by atoms with E-state index in [0.717, 1.165) is 5.56 Å². The van der Waals surface area contributed by atoms with Gasteiger partial charge in [-0.1, -0.05) is 41.7 Å². The highest BCUT2D eigenvalue weighted by Crippen LogP contribution is 2.35. The number of amides is 1. The number of methoxy groups -OCH3 is 1. The zero-order valence-electron chi connectivity index (χ0n) is 22.0. The van der Waals surface area contributed by atoms with Gasteiger partial charge in [-0.15, -0.1) is 0 Å². The van der Waals surface area contributed by atoms with Gasteiger partial charge in [0, 0.05) is 5.69 Å². The molecule has 2 N–H and O–H groups in total. The van der Waals surface area contributed by atoms with Gasteiger partial charge in [0.2, 0.25) is 0 Å². The number of para-hydroxylation sites is 1. The molecular weight excluding hydrogens is 594 g/mol. The van der Waals surface area contributed by atoms with Crippen molar-refractivity contribution in [3.8, 4) is 17.2 Å². The molecule has 0 radical (unpaired) electrons. The molecule has 10 heteroatoms. The molecule has 204 valence electrons. The van der Waals surface area contributed by atoms with Gasteiger partial charge >= 0.3 is 0 Å². The Morgan fingerprint density at radius 2 is 1.90 bits per heavy atom. The Kier molecular flexibility index (Phi) is 7.90. The van der Waals surface area contributed by atoms with Crippen LogP contribution < -0.4 is 29.7 Å². The predicted octanol–water partition coefficient (Wildman–Crippen LogP) is 4.75. The van der Waals surface area contributed by atoms with E-state index in [1.165, 1.54) is 18.4 Å². The lowest BCUT2D eigenvalue weighted by atomic mass is 9.95. The largest absolute Gasteiger partial charge is 0.503 e. The van der Waals surface area contributed by atoms with E-state index in [1.807, 2.05) is 49.4 Å². The summed E-state index contributed by atoms with van der Waals surface area (Å²) < 4.78 is 13.3. The lowest BCUT2D eigenvalue weighted by Crippen LogP contribution is -2.40. The molecule has 0 spiro atoms. The number of fused-ring (bicyclic) bond motifs is 1. The van der Waals surface area contributed by atoms with E-state index < -0.39 is 6.04 Å². The minimum Gasteiger partial charge on any atom is -0.503 e. The van der Waals surface area contributed by atoms with E-state index in [4.69, 9.17) is 9.47 Å². The van der Waals surface area contributed by atoms with Crippen LogP contribution in [0.3, 0.4) is 0 Å². The molecule has 0 saturated heterocycles. The van der Waals surface area contributed by atoms with Crippen LogP contribution in [-0.2, 0) is 4.79 Å². The third-order valence-corrected chi connectivity index (χ3v) is 7.96. The van der Waals surface area contributed by atoms with Crippen LogP contribution in [0.25, 0.3) is 6.08 Å². The SMILES string of the molecule is CCOc1ccc([C@H]2C(C(=O)Nc3ccccc3)=C(C)N=c3s/c(=C\c4cc(Br)c(O)c(OC)c4)c(=O)n32)cc1. The first kappa shape index (κ1) is 27.4. The van der Waals surface area contributed by atoms with Crippen molar-refractivity contribution in [2.45, 2.75) is 19.9 Å². The van der Waals surface area contributed by atoms with Crippen molar-refractivity contribution in [3.05, 3.63) is 113 Å². The zero-order chi connectivity index (χ0) is 28.4. The summed E-state index contributed by atoms with van der Waals surface area (Å²) >= 11 is 4.56. The van der Waals surface area contributed by atoms with Crippen molar-refractivity contribution < 1.29 is 19.4 Å². The zero-order valence-corrected chi connectivity index (χ0v) is 24.4. The smallest absolute Gasteiger partial charge is 0.271 e. The highest BCUT2D eigenvalue weighted by molar-refractivity contribution is 9.10. The number of rotatable bonds is 7. The fourth-order valence-corrected chi connectivity index (χ4v) is 6.05. The summed E-state index contributed by atoms with van der Waals surface area (Å²) in [6.07, 6.45) is 1.72. The van der Waals surface area contributed by atoms with Crippen molar-refractivity contribution >= 4 is 44.9 Å². The first-order valence-electron chi connectivity index (χ1n) is 12.5. The summed E-state index contributed by atoms with van der Waals surface area (Å²) in [5.74, 6) is 0.604. The first-order chi connectivity index (χ1) is 19.3. The fraction of sp³-hybridized carbons (Fsp3) is 0.167. The molecule has 5 rings (SSSR count). The minimum atomic E-state index is -0.709. The fourth-order valence-electron chi connectivity index (χ4n) is 4.54. The van der Waals surface area contributed by atoms with Crippen molar-refractivity contribution in [1.29, 1.82) is 0 Å². The maximum atomic E-state index is 13.9. The van der Waals surface area contributed by atoms with Crippen molar-refractivity contribution in [2.75, 3.05) is 19.0 Å². The monoisotopic (exact) mass is 619 g/mol. The van der Waals surface area contributed by atoms with Crippen LogP contribution in [0.15, 0.2) is 92.3 Å². The molecule has 1 aliphatic rings. The number of halogens is 1. The van der Waals surface area contributed by atoms with Crippen LogP contribution in [0.4, 0.5) is 5.69 Å². The van der Waals surface area contributed by atoms with Gasteiger partial charge in [0.05, 0.1) is 40.0 Å². The number of hydrogen-bond acceptors (Lipinski definition) is 7. The first-order valence-corrected chi connectivity index (χ1v) is 14.1. The van der Waals surface area contributed by atoms with Crippen LogP contribution >= 0.6 is 27.3 Å². The van der Waals surface area contributed by atoms with Crippen LogP contribution in [0.1, 0.15) is 31.0 Å². The molecule has 2 heterocycles. The molecular formula is C30H26BrN3O5S. The number of aromatic hydroxyl groups is 1. The van der Waals surface area contributed by atoms with Crippen LogP contribution in [-0.4, -0.2) is 29.3 Å². The van der Waals surface area contributed by atoms with Gasteiger partial charge in [-0.25, -0.2) is 4.99 Å². The van der Waals surface area contributed by atoms with Crippen molar-refractivity contribution in [3.63, 3.8) is 0 Å². The molecule has 40 heavy (non-hydrogen) atoms. The van der Waals surface area contributed by atoms with Crippen LogP contribution in [0.2, 0.25) is 0 Å². The number of hydrogen-bond donors (Lipinski definition) is 2.